The molecular weight excluding hydrogens is 232 g/mol. The lowest BCUT2D eigenvalue weighted by molar-refractivity contribution is 0.147. The lowest BCUT2D eigenvalue weighted by Crippen LogP contribution is -2.05. The maximum Gasteiger partial charge on any atom is 0.0540 e. The molecule has 0 aliphatic rings. The van der Waals surface area contributed by atoms with Crippen molar-refractivity contribution < 1.29 is 5.11 Å². The van der Waals surface area contributed by atoms with Crippen LogP contribution in [0.5, 0.6) is 0 Å². The van der Waals surface area contributed by atoms with Crippen molar-refractivity contribution in [3.8, 4) is 0 Å². The smallest absolute Gasteiger partial charge is 0.0540 e. The van der Waals surface area contributed by atoms with Gasteiger partial charge in [0.15, 0.2) is 0 Å². The van der Waals surface area contributed by atoms with Gasteiger partial charge >= 0.3 is 0 Å². The Morgan fingerprint density at radius 2 is 0.842 bits per heavy atom. The molecule has 1 N–H and O–H groups in total. The summed E-state index contributed by atoms with van der Waals surface area (Å²) >= 11 is 0. The van der Waals surface area contributed by atoms with Crippen LogP contribution in [0.1, 0.15) is 110 Å². The van der Waals surface area contributed by atoms with Crippen molar-refractivity contribution in [2.45, 2.75) is 116 Å². The number of rotatable bonds is 15. The maximum atomic E-state index is 9.85. The molecule has 0 fully saturated rings. The van der Waals surface area contributed by atoms with E-state index in [0.717, 1.165) is 12.8 Å². The number of hydrogen-bond acceptors (Lipinski definition) is 1. The average Bonchev–Trinajstić information content (AvgIpc) is 2.42. The zero-order valence-electron chi connectivity index (χ0n) is 13.6. The molecule has 116 valence electrons. The highest BCUT2D eigenvalue weighted by atomic mass is 16.3. The number of hydrogen-bond donors (Lipinski definition) is 1. The van der Waals surface area contributed by atoms with Gasteiger partial charge in [0.2, 0.25) is 0 Å². The Hall–Kier alpha value is -0.0400. The third kappa shape index (κ3) is 15.9. The van der Waals surface area contributed by atoms with Gasteiger partial charge in [0.1, 0.15) is 0 Å². The van der Waals surface area contributed by atoms with Crippen molar-refractivity contribution in [2.75, 3.05) is 0 Å². The quantitative estimate of drug-likeness (QED) is 0.349. The fraction of sp³-hybridized carbons (Fsp3) is 1.00. The van der Waals surface area contributed by atoms with Gasteiger partial charge in [-0.25, -0.2) is 0 Å². The van der Waals surface area contributed by atoms with Crippen LogP contribution in [0.2, 0.25) is 0 Å². The molecular formula is C18H38O. The molecule has 0 aromatic carbocycles. The third-order valence-corrected chi connectivity index (χ3v) is 4.03. The highest BCUT2D eigenvalue weighted by Gasteiger charge is 2.03. The van der Waals surface area contributed by atoms with Gasteiger partial charge in [-0.2, -0.15) is 0 Å². The van der Waals surface area contributed by atoms with E-state index in [-0.39, 0.29) is 6.10 Å². The van der Waals surface area contributed by atoms with Crippen molar-refractivity contribution in [1.82, 2.24) is 0 Å². The van der Waals surface area contributed by atoms with Crippen molar-refractivity contribution in [3.05, 3.63) is 0 Å². The summed E-state index contributed by atoms with van der Waals surface area (Å²) in [5, 5.41) is 9.85. The molecule has 0 unspecified atom stereocenters. The van der Waals surface area contributed by atoms with Crippen LogP contribution < -0.4 is 0 Å². The molecule has 0 aromatic rings. The van der Waals surface area contributed by atoms with Crippen molar-refractivity contribution in [2.24, 2.45) is 0 Å². The molecule has 0 radical (unpaired) electrons. The summed E-state index contributed by atoms with van der Waals surface area (Å²) in [5.41, 5.74) is 0. The number of unbranched alkanes of at least 4 members (excludes halogenated alkanes) is 11. The minimum Gasteiger partial charge on any atom is -0.393 e. The number of aliphatic hydroxyl groups is 1. The van der Waals surface area contributed by atoms with E-state index in [4.69, 9.17) is 0 Å². The summed E-state index contributed by atoms with van der Waals surface area (Å²) in [5.74, 6) is 0. The van der Waals surface area contributed by atoms with Gasteiger partial charge in [-0.15, -0.1) is 0 Å². The Labute approximate surface area is 122 Å². The lowest BCUT2D eigenvalue weighted by atomic mass is 10.0. The molecule has 0 rings (SSSR count). The topological polar surface area (TPSA) is 20.2 Å². The highest BCUT2D eigenvalue weighted by Crippen LogP contribution is 2.14. The van der Waals surface area contributed by atoms with Crippen LogP contribution >= 0.6 is 0 Å². The van der Waals surface area contributed by atoms with Gasteiger partial charge in [0, 0.05) is 0 Å². The van der Waals surface area contributed by atoms with E-state index in [1.165, 1.54) is 83.5 Å². The SMILES string of the molecule is CCCCCCCCCCC[C@@H](O)CCCCCC. The molecule has 1 heteroatoms. The fourth-order valence-corrected chi connectivity index (χ4v) is 2.64. The molecule has 0 saturated heterocycles. The van der Waals surface area contributed by atoms with Gasteiger partial charge in [-0.3, -0.25) is 0 Å². The van der Waals surface area contributed by atoms with Crippen molar-refractivity contribution in [3.63, 3.8) is 0 Å². The third-order valence-electron chi connectivity index (χ3n) is 4.03. The minimum atomic E-state index is -0.0265. The van der Waals surface area contributed by atoms with Gasteiger partial charge in [0.05, 0.1) is 6.10 Å². The molecule has 1 atom stereocenters. The molecule has 0 heterocycles. The second-order valence-corrected chi connectivity index (χ2v) is 6.12. The van der Waals surface area contributed by atoms with Crippen LogP contribution in [-0.4, -0.2) is 11.2 Å². The first-order valence-electron chi connectivity index (χ1n) is 8.99. The van der Waals surface area contributed by atoms with Gasteiger partial charge in [-0.05, 0) is 12.8 Å². The fourth-order valence-electron chi connectivity index (χ4n) is 2.64. The zero-order chi connectivity index (χ0) is 14.2. The lowest BCUT2D eigenvalue weighted by Gasteiger charge is -2.10. The maximum absolute atomic E-state index is 9.85. The summed E-state index contributed by atoms with van der Waals surface area (Å²) in [6.45, 7) is 4.51. The Balaban J connectivity index is 3.07. The standard InChI is InChI=1S/C18H38O/c1-3-5-7-9-10-11-12-13-15-17-18(19)16-14-8-6-4-2/h18-19H,3-17H2,1-2H3/t18-/m0/s1. The van der Waals surface area contributed by atoms with Crippen molar-refractivity contribution in [1.29, 1.82) is 0 Å². The first-order valence-corrected chi connectivity index (χ1v) is 8.99. The zero-order valence-corrected chi connectivity index (χ0v) is 13.6. The van der Waals surface area contributed by atoms with Gasteiger partial charge in [0.25, 0.3) is 0 Å². The van der Waals surface area contributed by atoms with Crippen LogP contribution in [0.15, 0.2) is 0 Å². The largest absolute Gasteiger partial charge is 0.393 e. The van der Waals surface area contributed by atoms with E-state index in [1.54, 1.807) is 0 Å². The Morgan fingerprint density at radius 1 is 0.526 bits per heavy atom. The Kier molecular flexibility index (Phi) is 16.0. The van der Waals surface area contributed by atoms with Crippen molar-refractivity contribution >= 4 is 0 Å². The molecule has 0 amide bonds. The Bertz CT molecular complexity index is 156. The molecule has 19 heavy (non-hydrogen) atoms. The second kappa shape index (κ2) is 16.0. The first-order chi connectivity index (χ1) is 9.31. The van der Waals surface area contributed by atoms with E-state index < -0.39 is 0 Å². The van der Waals surface area contributed by atoms with E-state index in [2.05, 4.69) is 13.8 Å². The minimum absolute atomic E-state index is 0.0265. The monoisotopic (exact) mass is 270 g/mol. The molecule has 0 bridgehead atoms. The van der Waals surface area contributed by atoms with Gasteiger partial charge < -0.3 is 5.11 Å². The van der Waals surface area contributed by atoms with E-state index in [1.807, 2.05) is 0 Å². The van der Waals surface area contributed by atoms with Crippen LogP contribution in [0.4, 0.5) is 0 Å². The highest BCUT2D eigenvalue weighted by molar-refractivity contribution is 4.57. The van der Waals surface area contributed by atoms with E-state index in [0.29, 0.717) is 0 Å². The average molecular weight is 271 g/mol. The predicted octanol–water partition coefficient (Wildman–Crippen LogP) is 6.24. The molecule has 0 aliphatic carbocycles. The summed E-state index contributed by atoms with van der Waals surface area (Å²) in [6.07, 6.45) is 19.5. The van der Waals surface area contributed by atoms with E-state index >= 15 is 0 Å². The van der Waals surface area contributed by atoms with Crippen LogP contribution in [0.3, 0.4) is 0 Å². The summed E-state index contributed by atoms with van der Waals surface area (Å²) in [6, 6.07) is 0. The number of aliphatic hydroxyl groups excluding tert-OH is 1. The normalized spacial score (nSPS) is 12.8. The summed E-state index contributed by atoms with van der Waals surface area (Å²) in [4.78, 5) is 0. The molecule has 0 aliphatic heterocycles. The molecule has 0 saturated carbocycles. The molecule has 0 spiro atoms. The molecule has 1 nitrogen and oxygen atoms in total. The second-order valence-electron chi connectivity index (χ2n) is 6.12. The first kappa shape index (κ1) is 19.0. The molecule has 0 aromatic heterocycles. The predicted molar refractivity (Wildman–Crippen MR) is 86.6 cm³/mol. The van der Waals surface area contributed by atoms with Crippen LogP contribution in [-0.2, 0) is 0 Å². The van der Waals surface area contributed by atoms with Crippen LogP contribution in [0.25, 0.3) is 0 Å². The summed E-state index contributed by atoms with van der Waals surface area (Å²) < 4.78 is 0. The van der Waals surface area contributed by atoms with Crippen LogP contribution in [0, 0.1) is 0 Å². The van der Waals surface area contributed by atoms with E-state index in [9.17, 15) is 5.11 Å². The Morgan fingerprint density at radius 3 is 1.26 bits per heavy atom. The van der Waals surface area contributed by atoms with Gasteiger partial charge in [-0.1, -0.05) is 97.3 Å². The summed E-state index contributed by atoms with van der Waals surface area (Å²) in [7, 11) is 0.